The highest BCUT2D eigenvalue weighted by Crippen LogP contribution is 2.38. The maximum atomic E-state index is 11.2. The standard InChI is InChI=1S/C6H9O2/c7-6-2-1-5(3-6)8-4-6/h5H,1-4H2. The first-order valence-corrected chi connectivity index (χ1v) is 3.11. The Bertz CT molecular complexity index is 103. The normalized spacial score (nSPS) is 52.9. The minimum Gasteiger partial charge on any atom is -0.375 e. The fourth-order valence-corrected chi connectivity index (χ4v) is 1.59. The van der Waals surface area contributed by atoms with Gasteiger partial charge in [-0.1, -0.05) is 0 Å². The van der Waals surface area contributed by atoms with E-state index in [-0.39, 0.29) is 0 Å². The Balaban J connectivity index is 2.19. The SMILES string of the molecule is [O]C12CCC(C1)OC2. The second kappa shape index (κ2) is 1.25. The van der Waals surface area contributed by atoms with Crippen LogP contribution in [0.25, 0.3) is 0 Å². The van der Waals surface area contributed by atoms with E-state index in [0.717, 1.165) is 19.3 Å². The number of fused-ring (bicyclic) bond motifs is 2. The third-order valence-electron chi connectivity index (χ3n) is 2.10. The van der Waals surface area contributed by atoms with Gasteiger partial charge >= 0.3 is 0 Å². The fraction of sp³-hybridized carbons (Fsp3) is 1.00. The van der Waals surface area contributed by atoms with Crippen molar-refractivity contribution in [2.75, 3.05) is 6.61 Å². The van der Waals surface area contributed by atoms with Crippen LogP contribution >= 0.6 is 0 Å². The van der Waals surface area contributed by atoms with Crippen molar-refractivity contribution in [2.24, 2.45) is 0 Å². The Morgan fingerprint density at radius 2 is 2.50 bits per heavy atom. The smallest absolute Gasteiger partial charge is 0.129 e. The van der Waals surface area contributed by atoms with E-state index in [1.807, 2.05) is 0 Å². The lowest BCUT2D eigenvalue weighted by Gasteiger charge is -2.14. The topological polar surface area (TPSA) is 29.1 Å². The Hall–Kier alpha value is -0.0800. The fourth-order valence-electron chi connectivity index (χ4n) is 1.59. The number of hydrogen-bond donors (Lipinski definition) is 0. The van der Waals surface area contributed by atoms with Crippen LogP contribution < -0.4 is 0 Å². The molecule has 1 aliphatic heterocycles. The van der Waals surface area contributed by atoms with Crippen LogP contribution in [0.4, 0.5) is 0 Å². The lowest BCUT2D eigenvalue weighted by Crippen LogP contribution is -2.24. The summed E-state index contributed by atoms with van der Waals surface area (Å²) in [4.78, 5) is 0. The van der Waals surface area contributed by atoms with Gasteiger partial charge < -0.3 is 4.74 Å². The lowest BCUT2D eigenvalue weighted by molar-refractivity contribution is -0.0591. The molecule has 2 unspecified atom stereocenters. The van der Waals surface area contributed by atoms with Crippen LogP contribution in [0.15, 0.2) is 0 Å². The van der Waals surface area contributed by atoms with E-state index >= 15 is 0 Å². The largest absolute Gasteiger partial charge is 0.375 e. The molecule has 1 radical (unpaired) electrons. The van der Waals surface area contributed by atoms with Crippen molar-refractivity contribution in [3.8, 4) is 0 Å². The van der Waals surface area contributed by atoms with Gasteiger partial charge in [0.25, 0.3) is 0 Å². The highest BCUT2D eigenvalue weighted by atomic mass is 16.5. The van der Waals surface area contributed by atoms with E-state index < -0.39 is 5.60 Å². The van der Waals surface area contributed by atoms with E-state index in [2.05, 4.69) is 0 Å². The quantitative estimate of drug-likeness (QED) is 0.455. The molecule has 2 fully saturated rings. The van der Waals surface area contributed by atoms with Gasteiger partial charge in [-0.2, -0.15) is 0 Å². The molecule has 0 amide bonds. The molecule has 2 rings (SSSR count). The summed E-state index contributed by atoms with van der Waals surface area (Å²) < 4.78 is 5.14. The molecule has 1 aliphatic carbocycles. The molecule has 2 nitrogen and oxygen atoms in total. The Labute approximate surface area is 48.5 Å². The van der Waals surface area contributed by atoms with Gasteiger partial charge in [-0.3, -0.25) is 0 Å². The van der Waals surface area contributed by atoms with Crippen LogP contribution in [0.3, 0.4) is 0 Å². The van der Waals surface area contributed by atoms with Crippen LogP contribution in [-0.4, -0.2) is 18.3 Å². The first kappa shape index (κ1) is 4.77. The van der Waals surface area contributed by atoms with Crippen LogP contribution in [0.5, 0.6) is 0 Å². The van der Waals surface area contributed by atoms with Gasteiger partial charge in [-0.25, -0.2) is 5.11 Å². The van der Waals surface area contributed by atoms with Crippen molar-refractivity contribution in [3.63, 3.8) is 0 Å². The van der Waals surface area contributed by atoms with Crippen molar-refractivity contribution in [1.82, 2.24) is 0 Å². The molecule has 0 aromatic rings. The summed E-state index contributed by atoms with van der Waals surface area (Å²) in [6.45, 7) is 0.470. The second-order valence-electron chi connectivity index (χ2n) is 2.86. The number of rotatable bonds is 0. The number of ether oxygens (including phenoxy) is 1. The third kappa shape index (κ3) is 0.501. The van der Waals surface area contributed by atoms with Gasteiger partial charge in [-0.05, 0) is 12.8 Å². The zero-order chi connectivity index (χ0) is 5.61. The Kier molecular flexibility index (Phi) is 0.746. The highest BCUT2D eigenvalue weighted by molar-refractivity contribution is 4.94. The minimum absolute atomic E-state index is 0.326. The third-order valence-corrected chi connectivity index (χ3v) is 2.10. The summed E-state index contributed by atoms with van der Waals surface area (Å²) in [5.41, 5.74) is -0.662. The first-order valence-electron chi connectivity index (χ1n) is 3.11. The van der Waals surface area contributed by atoms with Gasteiger partial charge in [0.1, 0.15) is 5.60 Å². The van der Waals surface area contributed by atoms with Crippen LogP contribution in [0.2, 0.25) is 0 Å². The molecule has 0 aromatic carbocycles. The summed E-state index contributed by atoms with van der Waals surface area (Å²) in [5, 5.41) is 11.2. The average Bonchev–Trinajstić information content (AvgIpc) is 2.21. The molecule has 0 spiro atoms. The van der Waals surface area contributed by atoms with Crippen LogP contribution in [0.1, 0.15) is 19.3 Å². The van der Waals surface area contributed by atoms with Crippen molar-refractivity contribution in [3.05, 3.63) is 0 Å². The summed E-state index contributed by atoms with van der Waals surface area (Å²) >= 11 is 0. The van der Waals surface area contributed by atoms with Gasteiger partial charge in [0.05, 0.1) is 12.7 Å². The summed E-state index contributed by atoms with van der Waals surface area (Å²) in [7, 11) is 0. The molecule has 0 aromatic heterocycles. The molecule has 8 heavy (non-hydrogen) atoms. The molecule has 0 N–H and O–H groups in total. The van der Waals surface area contributed by atoms with E-state index in [4.69, 9.17) is 4.74 Å². The van der Waals surface area contributed by atoms with Gasteiger partial charge in [0, 0.05) is 6.42 Å². The molecule has 2 aliphatic rings. The first-order chi connectivity index (χ1) is 3.79. The zero-order valence-electron chi connectivity index (χ0n) is 4.72. The van der Waals surface area contributed by atoms with Crippen LogP contribution in [0, 0.1) is 0 Å². The molecule has 2 bridgehead atoms. The van der Waals surface area contributed by atoms with Crippen molar-refractivity contribution >= 4 is 0 Å². The van der Waals surface area contributed by atoms with Gasteiger partial charge in [-0.15, -0.1) is 0 Å². The Morgan fingerprint density at radius 1 is 1.62 bits per heavy atom. The maximum absolute atomic E-state index is 11.2. The molecular weight excluding hydrogens is 104 g/mol. The monoisotopic (exact) mass is 113 g/mol. The van der Waals surface area contributed by atoms with Crippen LogP contribution in [-0.2, 0) is 9.84 Å². The van der Waals surface area contributed by atoms with Gasteiger partial charge in [0.2, 0.25) is 0 Å². The maximum Gasteiger partial charge on any atom is 0.129 e. The van der Waals surface area contributed by atoms with E-state index in [9.17, 15) is 5.11 Å². The molecule has 1 saturated carbocycles. The highest BCUT2D eigenvalue weighted by Gasteiger charge is 2.46. The van der Waals surface area contributed by atoms with Gasteiger partial charge in [0.15, 0.2) is 0 Å². The molecule has 2 atom stereocenters. The van der Waals surface area contributed by atoms with Crippen molar-refractivity contribution in [2.45, 2.75) is 31.0 Å². The molecule has 1 saturated heterocycles. The summed E-state index contributed by atoms with van der Waals surface area (Å²) in [6.07, 6.45) is 2.95. The van der Waals surface area contributed by atoms with Crippen molar-refractivity contribution < 1.29 is 9.84 Å². The Morgan fingerprint density at radius 3 is 2.62 bits per heavy atom. The molecule has 45 valence electrons. The summed E-state index contributed by atoms with van der Waals surface area (Å²) in [5.74, 6) is 0. The molecular formula is C6H9O2. The average molecular weight is 113 g/mol. The summed E-state index contributed by atoms with van der Waals surface area (Å²) in [6, 6.07) is 0. The predicted octanol–water partition coefficient (Wildman–Crippen LogP) is 0.738. The molecule has 2 heteroatoms. The zero-order valence-corrected chi connectivity index (χ0v) is 4.72. The molecule has 1 heterocycles. The number of hydrogen-bond acceptors (Lipinski definition) is 1. The second-order valence-corrected chi connectivity index (χ2v) is 2.86. The lowest BCUT2D eigenvalue weighted by atomic mass is 10.1. The minimum atomic E-state index is -0.662. The predicted molar refractivity (Wildman–Crippen MR) is 27.0 cm³/mol. The van der Waals surface area contributed by atoms with E-state index in [0.29, 0.717) is 12.7 Å². The van der Waals surface area contributed by atoms with Crippen molar-refractivity contribution in [1.29, 1.82) is 0 Å². The van der Waals surface area contributed by atoms with E-state index in [1.54, 1.807) is 0 Å². The van der Waals surface area contributed by atoms with E-state index in [1.165, 1.54) is 0 Å².